The minimum Gasteiger partial charge on any atom is -0.756 e. The Bertz CT molecular complexity index is 1360. The third kappa shape index (κ3) is 62.3. The van der Waals surface area contributed by atoms with E-state index in [4.69, 9.17) is 9.05 Å². The standard InChI is InChI=1S/C69H135N2O6P/c1-6-8-10-12-14-16-18-20-22-24-26-28-30-31-32-33-34-35-36-37-38-39-41-43-45-47-49-51-53-55-57-59-61-63-69(73)70-67(66-77-78(74,75)76-65-64-71(3,4)5)68(72)62-60-58-56-54-52-50-48-46-44-42-40-29-27-25-23-21-19-17-15-13-11-9-7-2/h24,26,52,54,60,62,67-68,72H,6-23,25,27-51,53,55-59,61,63-66H2,1-5H3,(H-,70,73,74,75)/b26-24-,54-52+,62-60+. The number of aliphatic hydroxyl groups is 1. The summed E-state index contributed by atoms with van der Waals surface area (Å²) in [5, 5.41) is 13.9. The van der Waals surface area contributed by atoms with Gasteiger partial charge in [0.2, 0.25) is 5.91 Å². The number of hydrogen-bond acceptors (Lipinski definition) is 6. The van der Waals surface area contributed by atoms with Gasteiger partial charge in [-0.25, -0.2) is 0 Å². The number of nitrogens with one attached hydrogen (secondary N) is 1. The summed E-state index contributed by atoms with van der Waals surface area (Å²) in [6.07, 6.45) is 79.9. The molecule has 0 fully saturated rings. The van der Waals surface area contributed by atoms with Crippen molar-refractivity contribution in [3.63, 3.8) is 0 Å². The number of unbranched alkanes of at least 4 members (excludes halogenated alkanes) is 47. The van der Waals surface area contributed by atoms with Crippen LogP contribution in [0.5, 0.6) is 0 Å². The molecular weight excluding hydrogens is 984 g/mol. The minimum absolute atomic E-state index is 0.00441. The largest absolute Gasteiger partial charge is 0.756 e. The number of likely N-dealkylation sites (N-methyl/N-ethyl adjacent to an activating group) is 1. The second-order valence-corrected chi connectivity index (χ2v) is 26.3. The molecule has 0 aliphatic rings. The predicted octanol–water partition coefficient (Wildman–Crippen LogP) is 21.0. The molecule has 0 aliphatic heterocycles. The predicted molar refractivity (Wildman–Crippen MR) is 339 cm³/mol. The van der Waals surface area contributed by atoms with E-state index in [9.17, 15) is 19.4 Å². The van der Waals surface area contributed by atoms with Gasteiger partial charge in [0.05, 0.1) is 39.9 Å². The summed E-state index contributed by atoms with van der Waals surface area (Å²) in [5.74, 6) is -0.200. The Balaban J connectivity index is 4.05. The quantitative estimate of drug-likeness (QED) is 0.0272. The van der Waals surface area contributed by atoms with Gasteiger partial charge in [-0.05, 0) is 57.8 Å². The number of phosphoric acid groups is 1. The third-order valence-electron chi connectivity index (χ3n) is 15.8. The SMILES string of the molecule is CCCCCCCCCC/C=C\CCCCCCCCCCCCCCCCCCCCCCCC(=O)NC(COP(=O)([O-])OCC[N+](C)(C)C)C(O)/C=C/CC/C=C/CCCCCCCCCCCCCCCCCCC. The molecule has 0 aromatic heterocycles. The number of nitrogens with zero attached hydrogens (tertiary/aromatic N) is 1. The molecule has 3 unspecified atom stereocenters. The van der Waals surface area contributed by atoms with Crippen LogP contribution in [-0.4, -0.2) is 68.5 Å². The van der Waals surface area contributed by atoms with Gasteiger partial charge in [0.25, 0.3) is 7.82 Å². The molecule has 0 saturated heterocycles. The van der Waals surface area contributed by atoms with Crippen LogP contribution in [0.15, 0.2) is 36.5 Å². The van der Waals surface area contributed by atoms with Crippen LogP contribution < -0.4 is 10.2 Å². The maximum Gasteiger partial charge on any atom is 0.268 e. The van der Waals surface area contributed by atoms with Crippen LogP contribution in [0, 0.1) is 0 Å². The molecule has 0 radical (unpaired) electrons. The van der Waals surface area contributed by atoms with Crippen LogP contribution in [-0.2, 0) is 18.4 Å². The van der Waals surface area contributed by atoms with E-state index < -0.39 is 20.0 Å². The number of carbonyl (C=O) groups excluding carboxylic acids is 1. The molecule has 0 rings (SSSR count). The first kappa shape index (κ1) is 76.7. The highest BCUT2D eigenvalue weighted by Crippen LogP contribution is 2.38. The van der Waals surface area contributed by atoms with Crippen molar-refractivity contribution < 1.29 is 32.9 Å². The van der Waals surface area contributed by atoms with Crippen molar-refractivity contribution in [3.05, 3.63) is 36.5 Å². The van der Waals surface area contributed by atoms with Crippen LogP contribution in [0.1, 0.15) is 348 Å². The lowest BCUT2D eigenvalue weighted by Gasteiger charge is -2.29. The van der Waals surface area contributed by atoms with E-state index in [-0.39, 0.29) is 19.1 Å². The number of allylic oxidation sites excluding steroid dienone is 5. The Morgan fingerprint density at radius 2 is 0.718 bits per heavy atom. The first-order valence-electron chi connectivity index (χ1n) is 34.4. The third-order valence-corrected chi connectivity index (χ3v) is 16.8. The van der Waals surface area contributed by atoms with Crippen molar-refractivity contribution in [2.24, 2.45) is 0 Å². The second-order valence-electron chi connectivity index (χ2n) is 24.9. The summed E-state index contributed by atoms with van der Waals surface area (Å²) >= 11 is 0. The highest BCUT2D eigenvalue weighted by molar-refractivity contribution is 7.45. The number of amides is 1. The molecular formula is C69H135N2O6P. The number of rotatable bonds is 64. The summed E-state index contributed by atoms with van der Waals surface area (Å²) in [4.78, 5) is 25.6. The Labute approximate surface area is 487 Å². The monoisotopic (exact) mass is 1120 g/mol. The van der Waals surface area contributed by atoms with Crippen molar-refractivity contribution in [3.8, 4) is 0 Å². The van der Waals surface area contributed by atoms with E-state index in [1.54, 1.807) is 6.08 Å². The molecule has 0 saturated carbocycles. The van der Waals surface area contributed by atoms with E-state index in [1.165, 1.54) is 289 Å². The Hall–Kier alpha value is -1.28. The van der Waals surface area contributed by atoms with Gasteiger partial charge in [-0.2, -0.15) is 0 Å². The lowest BCUT2D eigenvalue weighted by Crippen LogP contribution is -2.45. The Kier molecular flexibility index (Phi) is 59.3. The van der Waals surface area contributed by atoms with Crippen molar-refractivity contribution >= 4 is 13.7 Å². The van der Waals surface area contributed by atoms with Crippen LogP contribution in [0.25, 0.3) is 0 Å². The fraction of sp³-hybridized carbons (Fsp3) is 0.899. The molecule has 3 atom stereocenters. The lowest BCUT2D eigenvalue weighted by molar-refractivity contribution is -0.870. The number of phosphoric ester groups is 1. The van der Waals surface area contributed by atoms with Crippen molar-refractivity contribution in [1.82, 2.24) is 5.32 Å². The average molecular weight is 1120 g/mol. The van der Waals surface area contributed by atoms with Crippen LogP contribution in [0.2, 0.25) is 0 Å². The smallest absolute Gasteiger partial charge is 0.268 e. The number of hydrogen-bond donors (Lipinski definition) is 2. The molecule has 8 nitrogen and oxygen atoms in total. The number of carbonyl (C=O) groups is 1. The normalized spacial score (nSPS) is 13.9. The molecule has 0 heterocycles. The van der Waals surface area contributed by atoms with Crippen LogP contribution in [0.3, 0.4) is 0 Å². The molecule has 2 N–H and O–H groups in total. The molecule has 78 heavy (non-hydrogen) atoms. The lowest BCUT2D eigenvalue weighted by atomic mass is 10.0. The summed E-state index contributed by atoms with van der Waals surface area (Å²) in [5.41, 5.74) is 0. The summed E-state index contributed by atoms with van der Waals surface area (Å²) in [7, 11) is 1.26. The first-order valence-corrected chi connectivity index (χ1v) is 35.8. The number of aliphatic hydroxyl groups excluding tert-OH is 1. The molecule has 0 bridgehead atoms. The molecule has 462 valence electrons. The maximum absolute atomic E-state index is 13.0. The second kappa shape index (κ2) is 60.3. The zero-order chi connectivity index (χ0) is 57.0. The summed E-state index contributed by atoms with van der Waals surface area (Å²) in [6, 6.07) is -0.903. The molecule has 1 amide bonds. The first-order chi connectivity index (χ1) is 38.0. The Morgan fingerprint density at radius 3 is 1.04 bits per heavy atom. The topological polar surface area (TPSA) is 108 Å². The van der Waals surface area contributed by atoms with Gasteiger partial charge in [0, 0.05) is 6.42 Å². The highest BCUT2D eigenvalue weighted by atomic mass is 31.2. The van der Waals surface area contributed by atoms with Crippen molar-refractivity contribution in [2.45, 2.75) is 360 Å². The van der Waals surface area contributed by atoms with Gasteiger partial charge in [-0.1, -0.05) is 320 Å². The van der Waals surface area contributed by atoms with Crippen LogP contribution >= 0.6 is 7.82 Å². The highest BCUT2D eigenvalue weighted by Gasteiger charge is 2.23. The van der Waals surface area contributed by atoms with E-state index in [1.807, 2.05) is 27.2 Å². The summed E-state index contributed by atoms with van der Waals surface area (Å²) in [6.45, 7) is 4.68. The van der Waals surface area contributed by atoms with E-state index in [0.29, 0.717) is 17.4 Å². The fourth-order valence-electron chi connectivity index (χ4n) is 10.5. The van der Waals surface area contributed by atoms with Crippen molar-refractivity contribution in [1.29, 1.82) is 0 Å². The van der Waals surface area contributed by atoms with Gasteiger partial charge in [0.15, 0.2) is 0 Å². The van der Waals surface area contributed by atoms with Gasteiger partial charge in [-0.15, -0.1) is 0 Å². The van der Waals surface area contributed by atoms with E-state index in [2.05, 4.69) is 43.5 Å². The molecule has 0 spiro atoms. The van der Waals surface area contributed by atoms with Gasteiger partial charge >= 0.3 is 0 Å². The van der Waals surface area contributed by atoms with E-state index >= 15 is 0 Å². The Morgan fingerprint density at radius 1 is 0.436 bits per heavy atom. The molecule has 0 aromatic carbocycles. The zero-order valence-electron chi connectivity index (χ0n) is 52.9. The number of quaternary nitrogens is 1. The molecule has 0 aliphatic carbocycles. The maximum atomic E-state index is 13.0. The minimum atomic E-state index is -4.61. The zero-order valence-corrected chi connectivity index (χ0v) is 53.8. The molecule has 0 aromatic rings. The van der Waals surface area contributed by atoms with Crippen LogP contribution in [0.4, 0.5) is 0 Å². The van der Waals surface area contributed by atoms with Gasteiger partial charge in [-0.3, -0.25) is 9.36 Å². The van der Waals surface area contributed by atoms with Crippen molar-refractivity contribution in [2.75, 3.05) is 40.9 Å². The average Bonchev–Trinajstić information content (AvgIpc) is 3.41. The molecule has 9 heteroatoms. The fourth-order valence-corrected chi connectivity index (χ4v) is 11.2. The van der Waals surface area contributed by atoms with E-state index in [0.717, 1.165) is 38.5 Å². The van der Waals surface area contributed by atoms with Gasteiger partial charge in [0.1, 0.15) is 13.2 Å². The van der Waals surface area contributed by atoms with Gasteiger partial charge < -0.3 is 28.8 Å². The summed E-state index contributed by atoms with van der Waals surface area (Å²) < 4.78 is 23.4.